The smallest absolute Gasteiger partial charge is 0.143 e. The number of furan rings is 2. The first-order valence-corrected chi connectivity index (χ1v) is 22.5. The Morgan fingerprint density at radius 2 is 0.712 bits per heavy atom. The van der Waals surface area contributed by atoms with Crippen LogP contribution in [0, 0.1) is 0 Å². The quantitative estimate of drug-likeness (QED) is 0.167. The Kier molecular flexibility index (Phi) is 7.95. The lowest BCUT2D eigenvalue weighted by Gasteiger charge is -2.26. The van der Waals surface area contributed by atoms with Gasteiger partial charge in [-0.2, -0.15) is 0 Å². The van der Waals surface area contributed by atoms with Crippen molar-refractivity contribution in [1.82, 2.24) is 4.57 Å². The molecule has 3 heterocycles. The molecule has 308 valence electrons. The third-order valence-corrected chi connectivity index (χ3v) is 13.6. The number of rotatable bonds is 6. The maximum Gasteiger partial charge on any atom is 0.143 e. The maximum absolute atomic E-state index is 6.57. The van der Waals surface area contributed by atoms with E-state index in [4.69, 9.17) is 8.83 Å². The molecule has 0 aliphatic heterocycles. The van der Waals surface area contributed by atoms with Crippen molar-refractivity contribution in [3.05, 3.63) is 231 Å². The molecular formula is C62H38N2O2. The Morgan fingerprint density at radius 1 is 0.303 bits per heavy atom. The van der Waals surface area contributed by atoms with Crippen molar-refractivity contribution in [2.45, 2.75) is 0 Å². The van der Waals surface area contributed by atoms with Crippen LogP contribution in [0.4, 0.5) is 17.1 Å². The van der Waals surface area contributed by atoms with E-state index in [9.17, 15) is 0 Å². The molecule has 66 heavy (non-hydrogen) atoms. The van der Waals surface area contributed by atoms with Crippen molar-refractivity contribution in [3.8, 4) is 27.9 Å². The zero-order valence-corrected chi connectivity index (χ0v) is 35.7. The van der Waals surface area contributed by atoms with Crippen molar-refractivity contribution >= 4 is 104 Å². The van der Waals surface area contributed by atoms with Crippen molar-refractivity contribution in [1.29, 1.82) is 0 Å². The highest BCUT2D eigenvalue weighted by atomic mass is 16.3. The van der Waals surface area contributed by atoms with Gasteiger partial charge in [0.2, 0.25) is 0 Å². The Bertz CT molecular complexity index is 3960. The van der Waals surface area contributed by atoms with Crippen molar-refractivity contribution in [3.63, 3.8) is 0 Å². The molecule has 0 fully saturated rings. The zero-order valence-electron chi connectivity index (χ0n) is 35.7. The molecule has 4 nitrogen and oxygen atoms in total. The summed E-state index contributed by atoms with van der Waals surface area (Å²) in [5.74, 6) is 0. The summed E-state index contributed by atoms with van der Waals surface area (Å²) in [6, 6.07) is 82.7. The average molecular weight is 843 g/mol. The molecular weight excluding hydrogens is 805 g/mol. The van der Waals surface area contributed by atoms with E-state index in [2.05, 4.69) is 240 Å². The summed E-state index contributed by atoms with van der Waals surface area (Å²) in [5, 5.41) is 11.6. The summed E-state index contributed by atoms with van der Waals surface area (Å²) in [6.45, 7) is 0. The van der Waals surface area contributed by atoms with Crippen LogP contribution in [0.5, 0.6) is 0 Å². The van der Waals surface area contributed by atoms with E-state index in [0.29, 0.717) is 0 Å². The number of aromatic nitrogens is 1. The molecule has 14 aromatic rings. The number of hydrogen-bond donors (Lipinski definition) is 0. The van der Waals surface area contributed by atoms with Gasteiger partial charge in [0.05, 0.1) is 11.0 Å². The van der Waals surface area contributed by atoms with Crippen LogP contribution in [0.1, 0.15) is 0 Å². The Hall–Kier alpha value is -8.86. The fraction of sp³-hybridized carbons (Fsp3) is 0. The molecule has 11 aromatic carbocycles. The summed E-state index contributed by atoms with van der Waals surface area (Å²) in [4.78, 5) is 2.35. The lowest BCUT2D eigenvalue weighted by molar-refractivity contribution is 0.672. The second-order valence-electron chi connectivity index (χ2n) is 17.2. The predicted molar refractivity (Wildman–Crippen MR) is 276 cm³/mol. The van der Waals surface area contributed by atoms with Gasteiger partial charge in [0.15, 0.2) is 0 Å². The van der Waals surface area contributed by atoms with Gasteiger partial charge in [0, 0.05) is 65.8 Å². The normalized spacial score (nSPS) is 11.9. The average Bonchev–Trinajstić information content (AvgIpc) is 4.08. The first kappa shape index (κ1) is 36.6. The van der Waals surface area contributed by atoms with Crippen LogP contribution < -0.4 is 4.90 Å². The Balaban J connectivity index is 0.894. The van der Waals surface area contributed by atoms with Gasteiger partial charge < -0.3 is 18.3 Å². The molecule has 0 saturated heterocycles. The lowest BCUT2D eigenvalue weighted by Crippen LogP contribution is -2.10. The third-order valence-electron chi connectivity index (χ3n) is 13.6. The highest BCUT2D eigenvalue weighted by Crippen LogP contribution is 2.44. The highest BCUT2D eigenvalue weighted by Gasteiger charge is 2.20. The maximum atomic E-state index is 6.57. The molecule has 0 bridgehead atoms. The lowest BCUT2D eigenvalue weighted by atomic mass is 9.97. The molecule has 0 aliphatic carbocycles. The van der Waals surface area contributed by atoms with Gasteiger partial charge in [-0.25, -0.2) is 0 Å². The van der Waals surface area contributed by atoms with E-state index in [-0.39, 0.29) is 0 Å². The van der Waals surface area contributed by atoms with Gasteiger partial charge in [0.1, 0.15) is 22.3 Å². The number of fused-ring (bicyclic) bond motifs is 13. The molecule has 4 heteroatoms. The molecule has 0 N–H and O–H groups in total. The van der Waals surface area contributed by atoms with Crippen molar-refractivity contribution in [2.24, 2.45) is 0 Å². The van der Waals surface area contributed by atoms with Crippen LogP contribution in [0.25, 0.3) is 115 Å². The largest absolute Gasteiger partial charge is 0.455 e. The summed E-state index contributed by atoms with van der Waals surface area (Å²) in [6.07, 6.45) is 0. The summed E-state index contributed by atoms with van der Waals surface area (Å²) in [7, 11) is 0. The van der Waals surface area contributed by atoms with Crippen LogP contribution in [-0.4, -0.2) is 4.57 Å². The molecule has 0 unspecified atom stereocenters. The first-order chi connectivity index (χ1) is 32.7. The summed E-state index contributed by atoms with van der Waals surface area (Å²) < 4.78 is 15.5. The molecule has 0 spiro atoms. The Labute approximate surface area is 379 Å². The molecule has 3 aromatic heterocycles. The second-order valence-corrected chi connectivity index (χ2v) is 17.2. The highest BCUT2D eigenvalue weighted by molar-refractivity contribution is 6.20. The molecule has 0 aliphatic rings. The predicted octanol–water partition coefficient (Wildman–Crippen LogP) is 17.7. The van der Waals surface area contributed by atoms with Gasteiger partial charge in [0.25, 0.3) is 0 Å². The number of nitrogens with zero attached hydrogens (tertiary/aromatic N) is 2. The van der Waals surface area contributed by atoms with E-state index in [0.717, 1.165) is 99.7 Å². The number of para-hydroxylation sites is 2. The van der Waals surface area contributed by atoms with E-state index in [1.54, 1.807) is 0 Å². The second kappa shape index (κ2) is 14.3. The standard InChI is InChI=1S/C62H38N2O2/c1-3-13-49-39(11-1)27-37-53-59-47(17-9-21-57(59)65-61(49)53)41-23-29-43(30-24-41)63(45-33-35-46(36-34-45)64-55-19-7-5-15-51(55)52-16-6-8-20-56(52)64)44-31-25-42(26-32-44)48-18-10-22-58-60(48)54-38-28-40-12-2-4-14-50(40)62(54)66-58/h1-38H. The molecule has 14 rings (SSSR count). The molecule has 0 saturated carbocycles. The molecule has 0 amide bonds. The summed E-state index contributed by atoms with van der Waals surface area (Å²) >= 11 is 0. The van der Waals surface area contributed by atoms with E-state index in [1.807, 2.05) is 0 Å². The van der Waals surface area contributed by atoms with Gasteiger partial charge >= 0.3 is 0 Å². The van der Waals surface area contributed by atoms with Crippen LogP contribution in [0.3, 0.4) is 0 Å². The van der Waals surface area contributed by atoms with Crippen LogP contribution in [-0.2, 0) is 0 Å². The number of benzene rings is 11. The topological polar surface area (TPSA) is 34.5 Å². The SMILES string of the molecule is c1ccc2c(c1)ccc1c2oc2cccc(-c3ccc(N(c4ccc(-c5cccc6oc7c8ccccc8ccc7c56)cc4)c4ccc(-n5c6ccccc6c6ccccc65)cc4)cc3)c21. The van der Waals surface area contributed by atoms with Crippen LogP contribution >= 0.6 is 0 Å². The molecule has 0 atom stereocenters. The Morgan fingerprint density at radius 3 is 1.18 bits per heavy atom. The van der Waals surface area contributed by atoms with E-state index in [1.165, 1.54) is 32.6 Å². The van der Waals surface area contributed by atoms with Gasteiger partial charge in [-0.15, -0.1) is 0 Å². The van der Waals surface area contributed by atoms with Crippen LogP contribution in [0.2, 0.25) is 0 Å². The van der Waals surface area contributed by atoms with Crippen molar-refractivity contribution in [2.75, 3.05) is 4.90 Å². The van der Waals surface area contributed by atoms with Gasteiger partial charge in [-0.1, -0.05) is 146 Å². The third kappa shape index (κ3) is 5.52. The minimum absolute atomic E-state index is 0.889. The number of anilines is 3. The fourth-order valence-electron chi connectivity index (χ4n) is 10.6. The monoisotopic (exact) mass is 842 g/mol. The van der Waals surface area contributed by atoms with Gasteiger partial charge in [-0.3, -0.25) is 0 Å². The fourth-order valence-corrected chi connectivity index (χ4v) is 10.6. The van der Waals surface area contributed by atoms with E-state index >= 15 is 0 Å². The van der Waals surface area contributed by atoms with Crippen molar-refractivity contribution < 1.29 is 8.83 Å². The minimum Gasteiger partial charge on any atom is -0.455 e. The first-order valence-electron chi connectivity index (χ1n) is 22.5. The molecule has 0 radical (unpaired) electrons. The zero-order chi connectivity index (χ0) is 43.3. The minimum atomic E-state index is 0.889. The van der Waals surface area contributed by atoms with Gasteiger partial charge in [-0.05, 0) is 118 Å². The summed E-state index contributed by atoms with van der Waals surface area (Å²) in [5.41, 5.74) is 14.9. The van der Waals surface area contributed by atoms with Crippen LogP contribution in [0.15, 0.2) is 239 Å². The number of hydrogen-bond acceptors (Lipinski definition) is 3. The van der Waals surface area contributed by atoms with E-state index < -0.39 is 0 Å².